The normalized spacial score (nSPS) is 26.3. The summed E-state index contributed by atoms with van der Waals surface area (Å²) >= 11 is 0. The lowest BCUT2D eigenvalue weighted by Crippen LogP contribution is -2.67. The van der Waals surface area contributed by atoms with Crippen molar-refractivity contribution in [2.45, 2.75) is 45.9 Å². The fraction of sp³-hybridized carbons (Fsp3) is 0.632. The Bertz CT molecular complexity index is 651. The summed E-state index contributed by atoms with van der Waals surface area (Å²) in [4.78, 5) is 4.66. The molecule has 1 aliphatic heterocycles. The lowest BCUT2D eigenvalue weighted by Gasteiger charge is -2.54. The first-order valence-electron chi connectivity index (χ1n) is 9.00. The summed E-state index contributed by atoms with van der Waals surface area (Å²) in [5.41, 5.74) is 0.835. The first kappa shape index (κ1) is 21.1. The molecule has 1 aromatic carbocycles. The fourth-order valence-electron chi connectivity index (χ4n) is 4.11. The minimum absolute atomic E-state index is 0. The smallest absolute Gasteiger partial charge is 0.191 e. The number of phenols is 1. The Morgan fingerprint density at radius 1 is 1.42 bits per heavy atom. The number of aliphatic imine (C=N–C) groups is 1. The first-order valence-corrected chi connectivity index (χ1v) is 9.00. The molecule has 1 aromatic rings. The highest BCUT2D eigenvalue weighted by atomic mass is 127. The summed E-state index contributed by atoms with van der Waals surface area (Å²) in [5, 5.41) is 17.1. The lowest BCUT2D eigenvalue weighted by atomic mass is 9.57. The number of guanidine groups is 1. The van der Waals surface area contributed by atoms with Crippen LogP contribution in [0.4, 0.5) is 0 Å². The van der Waals surface area contributed by atoms with Gasteiger partial charge in [-0.2, -0.15) is 0 Å². The third-order valence-corrected chi connectivity index (χ3v) is 5.45. The average molecular weight is 475 g/mol. The van der Waals surface area contributed by atoms with Crippen LogP contribution in [0.3, 0.4) is 0 Å². The van der Waals surface area contributed by atoms with Crippen molar-refractivity contribution in [3.05, 3.63) is 23.8 Å². The maximum absolute atomic E-state index is 10.2. The Labute approximate surface area is 172 Å². The molecule has 0 spiro atoms. The molecule has 1 saturated carbocycles. The predicted molar refractivity (Wildman–Crippen MR) is 113 cm³/mol. The number of methoxy groups -OCH3 is 1. The zero-order chi connectivity index (χ0) is 18.0. The second-order valence-electron chi connectivity index (χ2n) is 7.35. The molecule has 0 aromatic heterocycles. The molecule has 1 saturated heterocycles. The van der Waals surface area contributed by atoms with E-state index in [0.29, 0.717) is 30.4 Å². The van der Waals surface area contributed by atoms with E-state index < -0.39 is 0 Å². The molecular formula is C19H30IN3O3. The van der Waals surface area contributed by atoms with E-state index in [1.807, 2.05) is 19.1 Å². The number of hydrogen-bond acceptors (Lipinski definition) is 4. The van der Waals surface area contributed by atoms with Crippen LogP contribution in [0.1, 0.15) is 32.8 Å². The molecule has 2 aliphatic rings. The first-order chi connectivity index (χ1) is 12.0. The summed E-state index contributed by atoms with van der Waals surface area (Å²) in [6, 6.07) is 5.80. The molecule has 0 bridgehead atoms. The van der Waals surface area contributed by atoms with Gasteiger partial charge in [-0.05, 0) is 19.4 Å². The second-order valence-corrected chi connectivity index (χ2v) is 7.35. The van der Waals surface area contributed by atoms with Crippen molar-refractivity contribution in [3.8, 4) is 11.5 Å². The topological polar surface area (TPSA) is 75.1 Å². The number of phenolic OH excluding ortho intramolecular Hbond substituents is 1. The lowest BCUT2D eigenvalue weighted by molar-refractivity contribution is -0.106. The Balaban J connectivity index is 0.00000243. The van der Waals surface area contributed by atoms with Crippen LogP contribution in [0.25, 0.3) is 0 Å². The monoisotopic (exact) mass is 475 g/mol. The van der Waals surface area contributed by atoms with Crippen LogP contribution in [0.2, 0.25) is 0 Å². The molecule has 0 amide bonds. The van der Waals surface area contributed by atoms with Gasteiger partial charge in [0, 0.05) is 36.1 Å². The van der Waals surface area contributed by atoms with Crippen LogP contribution in [0, 0.1) is 11.3 Å². The van der Waals surface area contributed by atoms with Crippen molar-refractivity contribution >= 4 is 29.9 Å². The number of hydrogen-bond donors (Lipinski definition) is 3. The third-order valence-electron chi connectivity index (χ3n) is 5.45. The average Bonchev–Trinajstić information content (AvgIpc) is 3.05. The van der Waals surface area contributed by atoms with Gasteiger partial charge in [0.2, 0.25) is 0 Å². The van der Waals surface area contributed by atoms with E-state index in [9.17, 15) is 5.11 Å². The number of aromatic hydroxyl groups is 1. The van der Waals surface area contributed by atoms with Gasteiger partial charge in [0.05, 0.1) is 19.8 Å². The Hall–Kier alpha value is -1.22. The molecular weight excluding hydrogens is 445 g/mol. The van der Waals surface area contributed by atoms with Gasteiger partial charge in [-0.3, -0.25) is 0 Å². The standard InChI is InChI=1S/C19H29N3O3.HI/c1-5-20-18(21-11-12-7-6-8-14(24-4)15(12)23)22-16-13-9-10-25-17(13)19(16,2)3;/h6-8,13,16-17,23H,5,9-11H2,1-4H3,(H2,20,21,22);1H. The second kappa shape index (κ2) is 8.65. The summed E-state index contributed by atoms with van der Waals surface area (Å²) < 4.78 is 11.0. The number of para-hydroxylation sites is 1. The van der Waals surface area contributed by atoms with E-state index in [0.717, 1.165) is 31.1 Å². The number of halogens is 1. The summed E-state index contributed by atoms with van der Waals surface area (Å²) in [6.07, 6.45) is 1.44. The minimum atomic E-state index is 0. The van der Waals surface area contributed by atoms with Crippen molar-refractivity contribution in [1.29, 1.82) is 0 Å². The molecule has 146 valence electrons. The van der Waals surface area contributed by atoms with Crippen molar-refractivity contribution in [2.75, 3.05) is 20.3 Å². The molecule has 3 unspecified atom stereocenters. The molecule has 7 heteroatoms. The van der Waals surface area contributed by atoms with Crippen LogP contribution in [0.5, 0.6) is 11.5 Å². The molecule has 3 N–H and O–H groups in total. The van der Waals surface area contributed by atoms with Crippen molar-refractivity contribution < 1.29 is 14.6 Å². The van der Waals surface area contributed by atoms with Gasteiger partial charge in [-0.25, -0.2) is 4.99 Å². The quantitative estimate of drug-likeness (QED) is 0.347. The summed E-state index contributed by atoms with van der Waals surface area (Å²) in [6.45, 7) is 8.56. The van der Waals surface area contributed by atoms with Crippen LogP contribution >= 0.6 is 24.0 Å². The van der Waals surface area contributed by atoms with Gasteiger partial charge < -0.3 is 25.2 Å². The minimum Gasteiger partial charge on any atom is -0.504 e. The Kier molecular flexibility index (Phi) is 7.01. The maximum Gasteiger partial charge on any atom is 0.191 e. The molecule has 1 heterocycles. The maximum atomic E-state index is 10.2. The number of fused-ring (bicyclic) bond motifs is 1. The molecule has 0 radical (unpaired) electrons. The third kappa shape index (κ3) is 3.88. The zero-order valence-corrected chi connectivity index (χ0v) is 18.2. The van der Waals surface area contributed by atoms with Gasteiger partial charge in [0.15, 0.2) is 17.5 Å². The van der Waals surface area contributed by atoms with Gasteiger partial charge in [0.1, 0.15) is 0 Å². The molecule has 2 fully saturated rings. The predicted octanol–water partition coefficient (Wildman–Crippen LogP) is 2.89. The van der Waals surface area contributed by atoms with Gasteiger partial charge in [-0.15, -0.1) is 24.0 Å². The Morgan fingerprint density at radius 2 is 2.19 bits per heavy atom. The van der Waals surface area contributed by atoms with Crippen LogP contribution in [-0.4, -0.2) is 43.5 Å². The molecule has 3 atom stereocenters. The number of nitrogens with zero attached hydrogens (tertiary/aromatic N) is 1. The molecule has 3 rings (SSSR count). The van der Waals surface area contributed by atoms with Gasteiger partial charge in [-0.1, -0.05) is 26.0 Å². The summed E-state index contributed by atoms with van der Waals surface area (Å²) in [5.74, 6) is 1.94. The van der Waals surface area contributed by atoms with Crippen LogP contribution in [0.15, 0.2) is 23.2 Å². The van der Waals surface area contributed by atoms with Crippen molar-refractivity contribution in [3.63, 3.8) is 0 Å². The zero-order valence-electron chi connectivity index (χ0n) is 15.9. The fourth-order valence-corrected chi connectivity index (χ4v) is 4.11. The number of rotatable bonds is 5. The van der Waals surface area contributed by atoms with Crippen molar-refractivity contribution in [2.24, 2.45) is 16.3 Å². The highest BCUT2D eigenvalue weighted by Crippen LogP contribution is 2.52. The number of benzene rings is 1. The van der Waals surface area contributed by atoms with E-state index in [1.54, 1.807) is 13.2 Å². The number of nitrogens with one attached hydrogen (secondary N) is 2. The van der Waals surface area contributed by atoms with Crippen molar-refractivity contribution in [1.82, 2.24) is 10.6 Å². The van der Waals surface area contributed by atoms with Crippen LogP contribution < -0.4 is 15.4 Å². The number of ether oxygens (including phenoxy) is 2. The van der Waals surface area contributed by atoms with E-state index in [4.69, 9.17) is 9.47 Å². The summed E-state index contributed by atoms with van der Waals surface area (Å²) in [7, 11) is 1.55. The largest absolute Gasteiger partial charge is 0.504 e. The Morgan fingerprint density at radius 3 is 2.88 bits per heavy atom. The van der Waals surface area contributed by atoms with E-state index >= 15 is 0 Å². The van der Waals surface area contributed by atoms with E-state index in [1.165, 1.54) is 0 Å². The van der Waals surface area contributed by atoms with E-state index in [2.05, 4.69) is 29.5 Å². The van der Waals surface area contributed by atoms with Crippen LogP contribution in [-0.2, 0) is 11.3 Å². The molecule has 26 heavy (non-hydrogen) atoms. The SMILES string of the molecule is CCNC(=NCc1cccc(OC)c1O)NC1C2CCOC2C1(C)C.I. The van der Waals surface area contributed by atoms with E-state index in [-0.39, 0.29) is 35.1 Å². The highest BCUT2D eigenvalue weighted by Gasteiger charge is 2.59. The molecule has 6 nitrogen and oxygen atoms in total. The van der Waals surface area contributed by atoms with Gasteiger partial charge >= 0.3 is 0 Å². The highest BCUT2D eigenvalue weighted by molar-refractivity contribution is 14.0. The van der Waals surface area contributed by atoms with Gasteiger partial charge in [0.25, 0.3) is 0 Å². The molecule has 1 aliphatic carbocycles.